The molecule has 1 N–H and O–H groups in total. The van der Waals surface area contributed by atoms with Crippen LogP contribution in [0.25, 0.3) is 0 Å². The summed E-state index contributed by atoms with van der Waals surface area (Å²) in [6.45, 7) is 0.102. The van der Waals surface area contributed by atoms with Crippen molar-refractivity contribution < 1.29 is 19.1 Å². The third-order valence-electron chi connectivity index (χ3n) is 5.18. The minimum absolute atomic E-state index is 0.0269. The normalized spacial score (nSPS) is 15.2. The zero-order valence-corrected chi connectivity index (χ0v) is 17.1. The largest absolute Gasteiger partial charge is 0.454 e. The van der Waals surface area contributed by atoms with Crippen molar-refractivity contribution in [2.45, 2.75) is 38.1 Å². The molecule has 0 saturated carbocycles. The monoisotopic (exact) mass is 408 g/mol. The molecule has 0 spiro atoms. The summed E-state index contributed by atoms with van der Waals surface area (Å²) in [5.74, 6) is -0.948. The van der Waals surface area contributed by atoms with Crippen molar-refractivity contribution >= 4 is 17.8 Å². The fraction of sp³-hybridized carbons (Fsp3) is 0.375. The summed E-state index contributed by atoms with van der Waals surface area (Å²) in [5.41, 5.74) is 2.08. The van der Waals surface area contributed by atoms with Gasteiger partial charge in [0.05, 0.1) is 6.04 Å². The second-order valence-electron chi connectivity index (χ2n) is 7.51. The van der Waals surface area contributed by atoms with Gasteiger partial charge in [0.15, 0.2) is 6.61 Å². The van der Waals surface area contributed by atoms with Crippen molar-refractivity contribution in [2.24, 2.45) is 0 Å². The Balaban J connectivity index is 1.53. The Morgan fingerprint density at radius 1 is 0.967 bits per heavy atom. The molecule has 30 heavy (non-hydrogen) atoms. The van der Waals surface area contributed by atoms with Crippen molar-refractivity contribution in [3.8, 4) is 0 Å². The lowest BCUT2D eigenvalue weighted by Gasteiger charge is -2.21. The number of esters is 1. The first-order valence-electron chi connectivity index (χ1n) is 10.4. The quantitative estimate of drug-likeness (QED) is 0.682. The molecule has 1 fully saturated rings. The highest BCUT2D eigenvalue weighted by Gasteiger charge is 2.21. The van der Waals surface area contributed by atoms with E-state index in [-0.39, 0.29) is 31.0 Å². The van der Waals surface area contributed by atoms with Crippen LogP contribution in [0.1, 0.15) is 42.9 Å². The number of nitrogens with zero attached hydrogens (tertiary/aromatic N) is 1. The predicted molar refractivity (Wildman–Crippen MR) is 113 cm³/mol. The third kappa shape index (κ3) is 6.72. The molecular weight excluding hydrogens is 380 g/mol. The summed E-state index contributed by atoms with van der Waals surface area (Å²) in [4.78, 5) is 38.1. The third-order valence-corrected chi connectivity index (χ3v) is 5.18. The first-order valence-corrected chi connectivity index (χ1v) is 10.4. The van der Waals surface area contributed by atoms with Crippen LogP contribution in [0, 0.1) is 0 Å². The average Bonchev–Trinajstić information content (AvgIpc) is 2.97. The number of rotatable bonds is 8. The Labute approximate surface area is 177 Å². The van der Waals surface area contributed by atoms with Gasteiger partial charge in [0.25, 0.3) is 5.91 Å². The van der Waals surface area contributed by atoms with Crippen LogP contribution in [0.5, 0.6) is 0 Å². The molecule has 2 amide bonds. The lowest BCUT2D eigenvalue weighted by molar-refractivity contribution is -0.152. The number of hydrogen-bond donors (Lipinski definition) is 1. The molecule has 0 radical (unpaired) electrons. The zero-order chi connectivity index (χ0) is 21.2. The highest BCUT2D eigenvalue weighted by Crippen LogP contribution is 2.18. The van der Waals surface area contributed by atoms with Crippen LogP contribution in [0.15, 0.2) is 60.7 Å². The number of ether oxygens (including phenoxy) is 1. The highest BCUT2D eigenvalue weighted by atomic mass is 16.5. The Hall–Kier alpha value is -3.15. The second-order valence-corrected chi connectivity index (χ2v) is 7.51. The van der Waals surface area contributed by atoms with Crippen LogP contribution in [0.4, 0.5) is 0 Å². The van der Waals surface area contributed by atoms with E-state index in [4.69, 9.17) is 4.74 Å². The van der Waals surface area contributed by atoms with Gasteiger partial charge in [0.2, 0.25) is 5.91 Å². The van der Waals surface area contributed by atoms with Crippen molar-refractivity contribution in [1.29, 1.82) is 0 Å². The van der Waals surface area contributed by atoms with Crippen molar-refractivity contribution in [2.75, 3.05) is 19.7 Å². The van der Waals surface area contributed by atoms with E-state index in [9.17, 15) is 14.4 Å². The van der Waals surface area contributed by atoms with Gasteiger partial charge in [-0.2, -0.15) is 0 Å². The molecule has 1 heterocycles. The van der Waals surface area contributed by atoms with Crippen LogP contribution in [-0.2, 0) is 25.5 Å². The molecule has 1 unspecified atom stereocenters. The molecule has 1 aliphatic rings. The van der Waals surface area contributed by atoms with Crippen molar-refractivity contribution in [1.82, 2.24) is 10.2 Å². The Bertz CT molecular complexity index is 839. The summed E-state index contributed by atoms with van der Waals surface area (Å²) in [6.07, 6.45) is 3.83. The lowest BCUT2D eigenvalue weighted by Crippen LogP contribution is -2.38. The maximum Gasteiger partial charge on any atom is 0.326 e. The first kappa shape index (κ1) is 21.6. The molecule has 0 bridgehead atoms. The molecule has 0 aromatic heterocycles. The van der Waals surface area contributed by atoms with Gasteiger partial charge in [-0.3, -0.25) is 14.4 Å². The molecule has 0 aliphatic carbocycles. The summed E-state index contributed by atoms with van der Waals surface area (Å²) in [5, 5.41) is 2.96. The second kappa shape index (κ2) is 11.1. The number of hydrogen-bond acceptors (Lipinski definition) is 4. The maximum atomic E-state index is 12.5. The molecule has 6 heteroatoms. The van der Waals surface area contributed by atoms with Crippen LogP contribution in [-0.4, -0.2) is 42.4 Å². The molecule has 1 aliphatic heterocycles. The zero-order valence-electron chi connectivity index (χ0n) is 17.1. The predicted octanol–water partition coefficient (Wildman–Crippen LogP) is 3.03. The Morgan fingerprint density at radius 3 is 2.40 bits per heavy atom. The Kier molecular flexibility index (Phi) is 8.01. The Morgan fingerprint density at radius 2 is 1.67 bits per heavy atom. The topological polar surface area (TPSA) is 75.7 Å². The average molecular weight is 408 g/mol. The lowest BCUT2D eigenvalue weighted by atomic mass is 9.99. The SMILES string of the molecule is O=C(COC(=O)CN1CCCCCC1=O)NC(Cc1ccccc1)c1ccccc1. The standard InChI is InChI=1S/C24H28N2O4/c27-22(18-30-24(29)17-26-15-9-3-8-14-23(26)28)25-21(20-12-6-2-7-13-20)16-19-10-4-1-5-11-19/h1-2,4-7,10-13,21H,3,8-9,14-18H2,(H,25,27). The molecule has 6 nitrogen and oxygen atoms in total. The maximum absolute atomic E-state index is 12.5. The van der Waals surface area contributed by atoms with E-state index in [1.807, 2.05) is 60.7 Å². The molecule has 3 rings (SSSR count). The van der Waals surface area contributed by atoms with Crippen molar-refractivity contribution in [3.05, 3.63) is 71.8 Å². The fourth-order valence-electron chi connectivity index (χ4n) is 3.58. The van der Waals surface area contributed by atoms with E-state index in [1.165, 1.54) is 4.90 Å². The number of carbonyl (C=O) groups excluding carboxylic acids is 3. The van der Waals surface area contributed by atoms with Gasteiger partial charge in [0.1, 0.15) is 6.54 Å². The minimum Gasteiger partial charge on any atom is -0.454 e. The van der Waals surface area contributed by atoms with E-state index >= 15 is 0 Å². The van der Waals surface area contributed by atoms with E-state index in [2.05, 4.69) is 5.32 Å². The summed E-state index contributed by atoms with van der Waals surface area (Å²) in [6, 6.07) is 19.4. The van der Waals surface area contributed by atoms with Crippen LogP contribution in [0.2, 0.25) is 0 Å². The minimum atomic E-state index is -0.556. The number of nitrogens with one attached hydrogen (secondary N) is 1. The first-order chi connectivity index (χ1) is 14.6. The van der Waals surface area contributed by atoms with Crippen LogP contribution < -0.4 is 5.32 Å². The van der Waals surface area contributed by atoms with Gasteiger partial charge >= 0.3 is 5.97 Å². The summed E-state index contributed by atoms with van der Waals surface area (Å²) in [7, 11) is 0. The molecular formula is C24H28N2O4. The molecule has 1 atom stereocenters. The summed E-state index contributed by atoms with van der Waals surface area (Å²) < 4.78 is 5.14. The molecule has 2 aromatic rings. The molecule has 158 valence electrons. The number of benzene rings is 2. The number of likely N-dealkylation sites (tertiary alicyclic amines) is 1. The van der Waals surface area contributed by atoms with E-state index in [0.29, 0.717) is 19.4 Å². The molecule has 2 aromatic carbocycles. The van der Waals surface area contributed by atoms with E-state index in [0.717, 1.165) is 30.4 Å². The number of amides is 2. The van der Waals surface area contributed by atoms with Gasteiger partial charge in [-0.15, -0.1) is 0 Å². The van der Waals surface area contributed by atoms with E-state index in [1.54, 1.807) is 0 Å². The smallest absolute Gasteiger partial charge is 0.326 e. The fourth-order valence-corrected chi connectivity index (χ4v) is 3.58. The van der Waals surface area contributed by atoms with Gasteiger partial charge in [-0.25, -0.2) is 0 Å². The molecule has 1 saturated heterocycles. The van der Waals surface area contributed by atoms with Crippen molar-refractivity contribution in [3.63, 3.8) is 0 Å². The van der Waals surface area contributed by atoms with E-state index < -0.39 is 5.97 Å². The highest BCUT2D eigenvalue weighted by molar-refractivity contribution is 5.84. The van der Waals surface area contributed by atoms with Gasteiger partial charge in [-0.1, -0.05) is 67.1 Å². The van der Waals surface area contributed by atoms with Gasteiger partial charge < -0.3 is 15.0 Å². The van der Waals surface area contributed by atoms with Gasteiger partial charge in [0, 0.05) is 13.0 Å². The number of carbonyl (C=O) groups is 3. The summed E-state index contributed by atoms with van der Waals surface area (Å²) >= 11 is 0. The van der Waals surface area contributed by atoms with Gasteiger partial charge in [-0.05, 0) is 30.4 Å². The van der Waals surface area contributed by atoms with Crippen LogP contribution in [0.3, 0.4) is 0 Å². The van der Waals surface area contributed by atoms with Crippen LogP contribution >= 0.6 is 0 Å².